The van der Waals surface area contributed by atoms with Crippen molar-refractivity contribution in [3.63, 3.8) is 0 Å². The summed E-state index contributed by atoms with van der Waals surface area (Å²) in [4.78, 5) is 34.0. The second kappa shape index (κ2) is 8.81. The van der Waals surface area contributed by atoms with E-state index in [4.69, 9.17) is 14.2 Å². The molecule has 6 heteroatoms. The Morgan fingerprint density at radius 3 is 1.32 bits per heavy atom. The standard InChI is InChI=1S/C16H20O6/c1-4-14(17)20-11-7-8-12(21-15(18)5-2)10-13(9-11)22-16(19)6-3/h4-6,11-13H,1-3,7-10H2. The van der Waals surface area contributed by atoms with Crippen LogP contribution in [0.25, 0.3) is 0 Å². The second-order valence-electron chi connectivity index (χ2n) is 4.84. The van der Waals surface area contributed by atoms with Crippen LogP contribution in [0.1, 0.15) is 25.7 Å². The Morgan fingerprint density at radius 1 is 0.682 bits per heavy atom. The quantitative estimate of drug-likeness (QED) is 0.322. The molecule has 1 aliphatic rings. The van der Waals surface area contributed by atoms with Gasteiger partial charge in [0.25, 0.3) is 0 Å². The lowest BCUT2D eigenvalue weighted by Gasteiger charge is -2.20. The molecule has 120 valence electrons. The lowest BCUT2D eigenvalue weighted by atomic mass is 10.1. The molecule has 6 nitrogen and oxygen atoms in total. The first-order chi connectivity index (χ1) is 10.5. The molecule has 2 atom stereocenters. The number of carbonyl (C=O) groups excluding carboxylic acids is 3. The highest BCUT2D eigenvalue weighted by Gasteiger charge is 2.31. The lowest BCUT2D eigenvalue weighted by molar-refractivity contribution is -0.150. The third-order valence-electron chi connectivity index (χ3n) is 3.21. The fraction of sp³-hybridized carbons (Fsp3) is 0.438. The van der Waals surface area contributed by atoms with Crippen molar-refractivity contribution in [1.29, 1.82) is 0 Å². The Labute approximate surface area is 129 Å². The molecule has 0 N–H and O–H groups in total. The van der Waals surface area contributed by atoms with Crippen LogP contribution in [0.5, 0.6) is 0 Å². The van der Waals surface area contributed by atoms with Crippen LogP contribution in [-0.4, -0.2) is 36.2 Å². The Kier molecular flexibility index (Phi) is 7.08. The SMILES string of the molecule is C=CC(=O)OC1CCC(OC(=O)C=C)CC(OC(=O)C=C)C1. The highest BCUT2D eigenvalue weighted by atomic mass is 16.6. The van der Waals surface area contributed by atoms with Crippen LogP contribution < -0.4 is 0 Å². The number of carbonyl (C=O) groups is 3. The van der Waals surface area contributed by atoms with Crippen molar-refractivity contribution >= 4 is 17.9 Å². The number of ether oxygens (including phenoxy) is 3. The predicted molar refractivity (Wildman–Crippen MR) is 78.7 cm³/mol. The molecule has 0 heterocycles. The number of hydrogen-bond donors (Lipinski definition) is 0. The van der Waals surface area contributed by atoms with Crippen molar-refractivity contribution in [3.05, 3.63) is 38.0 Å². The molecule has 1 aliphatic carbocycles. The van der Waals surface area contributed by atoms with Gasteiger partial charge in [-0.2, -0.15) is 0 Å². The van der Waals surface area contributed by atoms with Crippen molar-refractivity contribution < 1.29 is 28.6 Å². The molecule has 0 spiro atoms. The van der Waals surface area contributed by atoms with Gasteiger partial charge in [0.05, 0.1) is 0 Å². The first-order valence-electron chi connectivity index (χ1n) is 6.97. The molecule has 0 aromatic carbocycles. The molecule has 1 fully saturated rings. The van der Waals surface area contributed by atoms with Crippen LogP contribution in [0.3, 0.4) is 0 Å². The van der Waals surface area contributed by atoms with Crippen LogP contribution in [0.15, 0.2) is 38.0 Å². The zero-order chi connectivity index (χ0) is 16.5. The fourth-order valence-corrected chi connectivity index (χ4v) is 2.24. The summed E-state index contributed by atoms with van der Waals surface area (Å²) in [6.45, 7) is 10.0. The average molecular weight is 308 g/mol. The first-order valence-corrected chi connectivity index (χ1v) is 6.97. The van der Waals surface area contributed by atoms with Crippen molar-refractivity contribution in [3.8, 4) is 0 Å². The van der Waals surface area contributed by atoms with E-state index < -0.39 is 36.2 Å². The second-order valence-corrected chi connectivity index (χ2v) is 4.84. The van der Waals surface area contributed by atoms with Gasteiger partial charge in [0.15, 0.2) is 0 Å². The fourth-order valence-electron chi connectivity index (χ4n) is 2.24. The first kappa shape index (κ1) is 17.7. The highest BCUT2D eigenvalue weighted by molar-refractivity contribution is 5.82. The summed E-state index contributed by atoms with van der Waals surface area (Å²) in [5.74, 6) is -1.66. The van der Waals surface area contributed by atoms with E-state index in [0.29, 0.717) is 25.7 Å². The Balaban J connectivity index is 2.75. The van der Waals surface area contributed by atoms with Gasteiger partial charge in [0.2, 0.25) is 0 Å². The Bertz CT molecular complexity index is 435. The molecule has 0 bridgehead atoms. The summed E-state index contributed by atoms with van der Waals surface area (Å²) >= 11 is 0. The number of hydrogen-bond acceptors (Lipinski definition) is 6. The Morgan fingerprint density at radius 2 is 1.00 bits per heavy atom. The van der Waals surface area contributed by atoms with E-state index in [1.165, 1.54) is 0 Å². The maximum absolute atomic E-state index is 11.4. The van der Waals surface area contributed by atoms with Gasteiger partial charge in [-0.05, 0) is 12.8 Å². The number of rotatable bonds is 6. The van der Waals surface area contributed by atoms with Crippen LogP contribution in [-0.2, 0) is 28.6 Å². The van der Waals surface area contributed by atoms with E-state index in [9.17, 15) is 14.4 Å². The van der Waals surface area contributed by atoms with E-state index in [1.54, 1.807) is 0 Å². The summed E-state index contributed by atoms with van der Waals surface area (Å²) < 4.78 is 15.6. The van der Waals surface area contributed by atoms with E-state index in [0.717, 1.165) is 18.2 Å². The molecular weight excluding hydrogens is 288 g/mol. The topological polar surface area (TPSA) is 78.9 Å². The summed E-state index contributed by atoms with van der Waals surface area (Å²) in [5.41, 5.74) is 0. The van der Waals surface area contributed by atoms with Gasteiger partial charge in [-0.25, -0.2) is 14.4 Å². The van der Waals surface area contributed by atoms with Crippen LogP contribution >= 0.6 is 0 Å². The molecule has 0 aliphatic heterocycles. The van der Waals surface area contributed by atoms with E-state index >= 15 is 0 Å². The largest absolute Gasteiger partial charge is 0.459 e. The van der Waals surface area contributed by atoms with E-state index in [-0.39, 0.29) is 0 Å². The highest BCUT2D eigenvalue weighted by Crippen LogP contribution is 2.25. The predicted octanol–water partition coefficient (Wildman–Crippen LogP) is 1.85. The third-order valence-corrected chi connectivity index (χ3v) is 3.21. The Hall–Kier alpha value is -2.37. The summed E-state index contributed by atoms with van der Waals surface area (Å²) in [7, 11) is 0. The zero-order valence-corrected chi connectivity index (χ0v) is 12.4. The summed E-state index contributed by atoms with van der Waals surface area (Å²) in [6.07, 6.45) is 3.48. The smallest absolute Gasteiger partial charge is 0.330 e. The van der Waals surface area contributed by atoms with Crippen LogP contribution in [0.2, 0.25) is 0 Å². The van der Waals surface area contributed by atoms with Crippen molar-refractivity contribution in [2.24, 2.45) is 0 Å². The minimum absolute atomic E-state index is 0.335. The van der Waals surface area contributed by atoms with Gasteiger partial charge < -0.3 is 14.2 Å². The van der Waals surface area contributed by atoms with Crippen LogP contribution in [0, 0.1) is 0 Å². The van der Waals surface area contributed by atoms with Gasteiger partial charge in [0, 0.05) is 31.1 Å². The molecular formula is C16H20O6. The van der Waals surface area contributed by atoms with Crippen molar-refractivity contribution in [2.45, 2.75) is 44.0 Å². The molecule has 1 rings (SSSR count). The molecule has 0 saturated heterocycles. The van der Waals surface area contributed by atoms with Crippen molar-refractivity contribution in [2.75, 3.05) is 0 Å². The molecule has 0 radical (unpaired) electrons. The lowest BCUT2D eigenvalue weighted by Crippen LogP contribution is -2.26. The third kappa shape index (κ3) is 5.95. The zero-order valence-electron chi connectivity index (χ0n) is 12.4. The number of esters is 3. The molecule has 0 aromatic rings. The molecule has 2 unspecified atom stereocenters. The maximum atomic E-state index is 11.4. The van der Waals surface area contributed by atoms with Gasteiger partial charge in [0.1, 0.15) is 18.3 Å². The molecule has 0 aromatic heterocycles. The monoisotopic (exact) mass is 308 g/mol. The molecule has 0 amide bonds. The van der Waals surface area contributed by atoms with Crippen molar-refractivity contribution in [1.82, 2.24) is 0 Å². The maximum Gasteiger partial charge on any atom is 0.330 e. The summed E-state index contributed by atoms with van der Waals surface area (Å²) in [6, 6.07) is 0. The summed E-state index contributed by atoms with van der Waals surface area (Å²) in [5, 5.41) is 0. The van der Waals surface area contributed by atoms with Gasteiger partial charge in [-0.15, -0.1) is 0 Å². The normalized spacial score (nSPS) is 24.3. The molecule has 22 heavy (non-hydrogen) atoms. The average Bonchev–Trinajstić information content (AvgIpc) is 2.68. The van der Waals surface area contributed by atoms with Gasteiger partial charge in [-0.3, -0.25) is 0 Å². The molecule has 1 saturated carbocycles. The van der Waals surface area contributed by atoms with E-state index in [2.05, 4.69) is 19.7 Å². The minimum atomic E-state index is -0.575. The minimum Gasteiger partial charge on any atom is -0.459 e. The van der Waals surface area contributed by atoms with E-state index in [1.807, 2.05) is 0 Å². The van der Waals surface area contributed by atoms with Gasteiger partial charge >= 0.3 is 17.9 Å². The van der Waals surface area contributed by atoms with Gasteiger partial charge in [-0.1, -0.05) is 19.7 Å². The van der Waals surface area contributed by atoms with Crippen LogP contribution in [0.4, 0.5) is 0 Å².